The summed E-state index contributed by atoms with van der Waals surface area (Å²) in [6.45, 7) is 1.95. The second kappa shape index (κ2) is 5.73. The van der Waals surface area contributed by atoms with Crippen LogP contribution in [0.15, 0.2) is 24.3 Å². The number of benzene rings is 1. The van der Waals surface area contributed by atoms with Gasteiger partial charge in [0.2, 0.25) is 5.91 Å². The normalized spacial score (nSPS) is 15.6. The van der Waals surface area contributed by atoms with Gasteiger partial charge in [-0.05, 0) is 30.9 Å². The summed E-state index contributed by atoms with van der Waals surface area (Å²) in [5.41, 5.74) is 7.14. The molecule has 0 aliphatic heterocycles. The Morgan fingerprint density at radius 3 is 2.63 bits per heavy atom. The molecule has 1 aromatic carbocycles. The van der Waals surface area contributed by atoms with E-state index in [4.69, 9.17) is 5.73 Å². The van der Waals surface area contributed by atoms with Gasteiger partial charge in [-0.15, -0.1) is 0 Å². The van der Waals surface area contributed by atoms with Crippen molar-refractivity contribution in [2.24, 2.45) is 5.73 Å². The van der Waals surface area contributed by atoms with Crippen molar-refractivity contribution in [2.75, 3.05) is 0 Å². The highest BCUT2D eigenvalue weighted by atomic mass is 16.2. The van der Waals surface area contributed by atoms with Crippen LogP contribution in [0.1, 0.15) is 36.4 Å². The second-order valence-corrected chi connectivity index (χ2v) is 4.96. The SMILES string of the molecule is Cc1ccccc1[C@@H](CC(=O)NC1CC1)NC(N)=O. The third kappa shape index (κ3) is 3.98. The van der Waals surface area contributed by atoms with Gasteiger partial charge in [-0.25, -0.2) is 4.79 Å². The van der Waals surface area contributed by atoms with E-state index in [1.807, 2.05) is 31.2 Å². The summed E-state index contributed by atoms with van der Waals surface area (Å²) in [4.78, 5) is 23.0. The molecule has 5 heteroatoms. The number of urea groups is 1. The van der Waals surface area contributed by atoms with Crippen molar-refractivity contribution in [2.45, 2.75) is 38.3 Å². The molecule has 3 amide bonds. The van der Waals surface area contributed by atoms with Crippen LogP contribution in [0.3, 0.4) is 0 Å². The number of rotatable bonds is 5. The maximum Gasteiger partial charge on any atom is 0.312 e. The number of aryl methyl sites for hydroxylation is 1. The lowest BCUT2D eigenvalue weighted by Crippen LogP contribution is -2.37. The fourth-order valence-corrected chi connectivity index (χ4v) is 2.09. The number of amides is 3. The fourth-order valence-electron chi connectivity index (χ4n) is 2.09. The highest BCUT2D eigenvalue weighted by Crippen LogP contribution is 2.23. The quantitative estimate of drug-likeness (QED) is 0.748. The van der Waals surface area contributed by atoms with Gasteiger partial charge in [0.1, 0.15) is 0 Å². The summed E-state index contributed by atoms with van der Waals surface area (Å²) in [5, 5.41) is 5.56. The largest absolute Gasteiger partial charge is 0.353 e. The average Bonchev–Trinajstić information content (AvgIpc) is 3.12. The first-order chi connectivity index (χ1) is 9.06. The number of primary amides is 1. The number of carbonyl (C=O) groups is 2. The van der Waals surface area contributed by atoms with Crippen molar-refractivity contribution in [3.8, 4) is 0 Å². The molecular weight excluding hydrogens is 242 g/mol. The number of nitrogens with one attached hydrogen (secondary N) is 2. The number of carbonyl (C=O) groups excluding carboxylic acids is 2. The zero-order valence-electron chi connectivity index (χ0n) is 11.0. The summed E-state index contributed by atoms with van der Waals surface area (Å²) in [5.74, 6) is -0.0514. The van der Waals surface area contributed by atoms with Crippen LogP contribution in [0, 0.1) is 6.92 Å². The minimum absolute atomic E-state index is 0.0514. The molecule has 102 valence electrons. The van der Waals surface area contributed by atoms with E-state index in [1.54, 1.807) is 0 Å². The lowest BCUT2D eigenvalue weighted by atomic mass is 9.98. The summed E-state index contributed by atoms with van der Waals surface area (Å²) >= 11 is 0. The Bertz CT molecular complexity index is 483. The van der Waals surface area contributed by atoms with Crippen molar-refractivity contribution < 1.29 is 9.59 Å². The molecule has 0 saturated heterocycles. The molecule has 0 bridgehead atoms. The van der Waals surface area contributed by atoms with Crippen LogP contribution in [0.5, 0.6) is 0 Å². The molecule has 5 nitrogen and oxygen atoms in total. The molecule has 0 heterocycles. The Kier molecular flexibility index (Phi) is 4.04. The standard InChI is InChI=1S/C14H19N3O2/c1-9-4-2-3-5-11(9)12(17-14(15)19)8-13(18)16-10-6-7-10/h2-5,10,12H,6-8H2,1H3,(H,16,18)(H3,15,17,19)/t12-/m1/s1. The molecule has 19 heavy (non-hydrogen) atoms. The van der Waals surface area contributed by atoms with Crippen molar-refractivity contribution in [1.82, 2.24) is 10.6 Å². The van der Waals surface area contributed by atoms with E-state index < -0.39 is 6.03 Å². The van der Waals surface area contributed by atoms with Gasteiger partial charge in [-0.1, -0.05) is 24.3 Å². The van der Waals surface area contributed by atoms with Crippen LogP contribution >= 0.6 is 0 Å². The van der Waals surface area contributed by atoms with Crippen molar-refractivity contribution in [3.63, 3.8) is 0 Å². The van der Waals surface area contributed by atoms with Gasteiger partial charge in [-0.3, -0.25) is 4.79 Å². The third-order valence-corrected chi connectivity index (χ3v) is 3.21. The van der Waals surface area contributed by atoms with Crippen molar-refractivity contribution in [1.29, 1.82) is 0 Å². The highest BCUT2D eigenvalue weighted by Gasteiger charge is 2.25. The zero-order valence-corrected chi connectivity index (χ0v) is 11.0. The molecule has 1 aromatic rings. The van der Waals surface area contributed by atoms with Crippen molar-refractivity contribution >= 4 is 11.9 Å². The van der Waals surface area contributed by atoms with E-state index >= 15 is 0 Å². The Hall–Kier alpha value is -2.04. The van der Waals surface area contributed by atoms with E-state index in [-0.39, 0.29) is 18.4 Å². The molecule has 1 atom stereocenters. The molecule has 1 fully saturated rings. The van der Waals surface area contributed by atoms with E-state index in [9.17, 15) is 9.59 Å². The van der Waals surface area contributed by atoms with Crippen molar-refractivity contribution in [3.05, 3.63) is 35.4 Å². The number of hydrogen-bond acceptors (Lipinski definition) is 2. The monoisotopic (exact) mass is 261 g/mol. The summed E-state index contributed by atoms with van der Waals surface area (Å²) < 4.78 is 0. The Morgan fingerprint density at radius 2 is 2.05 bits per heavy atom. The Morgan fingerprint density at radius 1 is 1.37 bits per heavy atom. The van der Waals surface area contributed by atoms with Crippen LogP contribution < -0.4 is 16.4 Å². The molecule has 1 aliphatic carbocycles. The second-order valence-electron chi connectivity index (χ2n) is 4.96. The van der Waals surface area contributed by atoms with Crippen LogP contribution in [0.4, 0.5) is 4.79 Å². The van der Waals surface area contributed by atoms with Gasteiger partial charge in [0, 0.05) is 6.04 Å². The van der Waals surface area contributed by atoms with Crippen LogP contribution in [-0.4, -0.2) is 18.0 Å². The minimum atomic E-state index is -0.618. The lowest BCUT2D eigenvalue weighted by Gasteiger charge is -2.19. The van der Waals surface area contributed by atoms with Gasteiger partial charge >= 0.3 is 6.03 Å². The molecule has 1 saturated carbocycles. The van der Waals surface area contributed by atoms with E-state index in [1.165, 1.54) is 0 Å². The van der Waals surface area contributed by atoms with Crippen LogP contribution in [0.25, 0.3) is 0 Å². The Balaban J connectivity index is 2.08. The number of nitrogens with two attached hydrogens (primary N) is 1. The third-order valence-electron chi connectivity index (χ3n) is 3.21. The van der Waals surface area contributed by atoms with Gasteiger partial charge in [0.25, 0.3) is 0 Å². The molecule has 4 N–H and O–H groups in total. The van der Waals surface area contributed by atoms with Gasteiger partial charge in [0.15, 0.2) is 0 Å². The summed E-state index contributed by atoms with van der Waals surface area (Å²) in [6, 6.07) is 6.98. The highest BCUT2D eigenvalue weighted by molar-refractivity contribution is 5.79. The maximum absolute atomic E-state index is 11.9. The number of hydrogen-bond donors (Lipinski definition) is 3. The van der Waals surface area contributed by atoms with Gasteiger partial charge in [0.05, 0.1) is 12.5 Å². The lowest BCUT2D eigenvalue weighted by molar-refractivity contribution is -0.121. The molecule has 2 rings (SSSR count). The summed E-state index contributed by atoms with van der Waals surface area (Å²) in [6.07, 6.45) is 2.30. The maximum atomic E-state index is 11.9. The Labute approximate surface area is 112 Å². The molecule has 0 spiro atoms. The minimum Gasteiger partial charge on any atom is -0.353 e. The average molecular weight is 261 g/mol. The summed E-state index contributed by atoms with van der Waals surface area (Å²) in [7, 11) is 0. The molecule has 0 radical (unpaired) electrons. The topological polar surface area (TPSA) is 84.2 Å². The van der Waals surface area contributed by atoms with Crippen LogP contribution in [-0.2, 0) is 4.79 Å². The predicted octanol–water partition coefficient (Wildman–Crippen LogP) is 1.37. The molecule has 0 unspecified atom stereocenters. The molecular formula is C14H19N3O2. The first-order valence-corrected chi connectivity index (χ1v) is 6.47. The van der Waals surface area contributed by atoms with E-state index in [0.717, 1.165) is 24.0 Å². The van der Waals surface area contributed by atoms with E-state index in [2.05, 4.69) is 10.6 Å². The zero-order chi connectivity index (χ0) is 13.8. The first kappa shape index (κ1) is 13.4. The van der Waals surface area contributed by atoms with Crippen LogP contribution in [0.2, 0.25) is 0 Å². The fraction of sp³-hybridized carbons (Fsp3) is 0.429. The van der Waals surface area contributed by atoms with Gasteiger partial charge < -0.3 is 16.4 Å². The smallest absolute Gasteiger partial charge is 0.312 e. The van der Waals surface area contributed by atoms with E-state index in [0.29, 0.717) is 6.04 Å². The first-order valence-electron chi connectivity index (χ1n) is 6.47. The predicted molar refractivity (Wildman–Crippen MR) is 72.4 cm³/mol. The van der Waals surface area contributed by atoms with Gasteiger partial charge in [-0.2, -0.15) is 0 Å². The molecule has 0 aromatic heterocycles. The molecule has 1 aliphatic rings.